The van der Waals surface area contributed by atoms with E-state index in [1.807, 2.05) is 10.8 Å². The number of ether oxygens (including phenoxy) is 1. The molecule has 2 rings (SSSR count). The van der Waals surface area contributed by atoms with Crippen molar-refractivity contribution in [2.75, 3.05) is 38.6 Å². The molecule has 106 valence electrons. The van der Waals surface area contributed by atoms with Crippen molar-refractivity contribution in [3.63, 3.8) is 0 Å². The fourth-order valence-corrected chi connectivity index (χ4v) is 2.90. The van der Waals surface area contributed by atoms with E-state index >= 15 is 0 Å². The molecule has 0 amide bonds. The Morgan fingerprint density at radius 3 is 3.00 bits per heavy atom. The van der Waals surface area contributed by atoms with Crippen LogP contribution < -0.4 is 0 Å². The van der Waals surface area contributed by atoms with Crippen LogP contribution in [-0.4, -0.2) is 64.1 Å². The summed E-state index contributed by atoms with van der Waals surface area (Å²) < 4.78 is 7.38. The lowest BCUT2D eigenvalue weighted by Gasteiger charge is -2.29. The third-order valence-electron chi connectivity index (χ3n) is 3.06. The van der Waals surface area contributed by atoms with E-state index in [0.29, 0.717) is 0 Å². The SMILES string of the molecule is CC(CN1CCOCC1)n1ccnc1SCC(=O)O. The molecule has 1 N–H and O–H groups in total. The lowest BCUT2D eigenvalue weighted by atomic mass is 10.3. The Hall–Kier alpha value is -1.05. The maximum absolute atomic E-state index is 10.6. The molecule has 0 aliphatic carbocycles. The van der Waals surface area contributed by atoms with Crippen molar-refractivity contribution in [2.24, 2.45) is 0 Å². The molecule has 6 nitrogen and oxygen atoms in total. The molecule has 1 aliphatic heterocycles. The van der Waals surface area contributed by atoms with Gasteiger partial charge in [0, 0.05) is 38.1 Å². The molecule has 0 radical (unpaired) electrons. The lowest BCUT2D eigenvalue weighted by molar-refractivity contribution is -0.133. The summed E-state index contributed by atoms with van der Waals surface area (Å²) in [5.41, 5.74) is 0. The summed E-state index contributed by atoms with van der Waals surface area (Å²) in [6.45, 7) is 6.55. The Bertz CT molecular complexity index is 418. The molecule has 1 aromatic heterocycles. The maximum atomic E-state index is 10.6. The van der Waals surface area contributed by atoms with Gasteiger partial charge >= 0.3 is 5.97 Å². The fraction of sp³-hybridized carbons (Fsp3) is 0.667. The summed E-state index contributed by atoms with van der Waals surface area (Å²) in [6, 6.07) is 0.275. The van der Waals surface area contributed by atoms with E-state index in [4.69, 9.17) is 9.84 Å². The zero-order valence-electron chi connectivity index (χ0n) is 11.0. The molecule has 0 saturated carbocycles. The zero-order chi connectivity index (χ0) is 13.7. The van der Waals surface area contributed by atoms with Gasteiger partial charge in [0.15, 0.2) is 5.16 Å². The van der Waals surface area contributed by atoms with Crippen molar-refractivity contribution in [2.45, 2.75) is 18.1 Å². The van der Waals surface area contributed by atoms with Gasteiger partial charge in [-0.25, -0.2) is 4.98 Å². The Morgan fingerprint density at radius 2 is 2.32 bits per heavy atom. The van der Waals surface area contributed by atoms with E-state index in [1.54, 1.807) is 6.20 Å². The summed E-state index contributed by atoms with van der Waals surface area (Å²) >= 11 is 1.26. The van der Waals surface area contributed by atoms with Crippen LogP contribution in [0.4, 0.5) is 0 Å². The topological polar surface area (TPSA) is 67.6 Å². The summed E-state index contributed by atoms with van der Waals surface area (Å²) in [7, 11) is 0. The Balaban J connectivity index is 1.92. The molecule has 1 fully saturated rings. The maximum Gasteiger partial charge on any atom is 0.313 e. The normalized spacial score (nSPS) is 18.4. The van der Waals surface area contributed by atoms with Crippen molar-refractivity contribution in [3.8, 4) is 0 Å². The number of aromatic nitrogens is 2. The molecular formula is C12H19N3O3S. The lowest BCUT2D eigenvalue weighted by Crippen LogP contribution is -2.39. The van der Waals surface area contributed by atoms with Crippen LogP contribution in [0.5, 0.6) is 0 Å². The zero-order valence-corrected chi connectivity index (χ0v) is 11.8. The van der Waals surface area contributed by atoms with Crippen LogP contribution in [0, 0.1) is 0 Å². The smallest absolute Gasteiger partial charge is 0.313 e. The molecule has 19 heavy (non-hydrogen) atoms. The van der Waals surface area contributed by atoms with Crippen molar-refractivity contribution in [3.05, 3.63) is 12.4 Å². The molecule has 1 aromatic rings. The average molecular weight is 285 g/mol. The highest BCUT2D eigenvalue weighted by Gasteiger charge is 2.17. The number of carboxylic acid groups (broad SMARTS) is 1. The number of hydrogen-bond donors (Lipinski definition) is 1. The fourth-order valence-electron chi connectivity index (χ4n) is 2.12. The van der Waals surface area contributed by atoms with Gasteiger partial charge in [0.1, 0.15) is 0 Å². The standard InChI is InChI=1S/C12H19N3O3S/c1-10(8-14-4-6-18-7-5-14)15-3-2-13-12(15)19-9-11(16)17/h2-3,10H,4-9H2,1H3,(H,16,17). The monoisotopic (exact) mass is 285 g/mol. The van der Waals surface area contributed by atoms with Gasteiger partial charge in [-0.05, 0) is 6.92 Å². The number of carboxylic acids is 1. The molecular weight excluding hydrogens is 266 g/mol. The molecule has 1 aliphatic rings. The number of aliphatic carboxylic acids is 1. The Morgan fingerprint density at radius 1 is 1.58 bits per heavy atom. The first-order valence-corrected chi connectivity index (χ1v) is 7.33. The van der Waals surface area contributed by atoms with Crippen molar-refractivity contribution >= 4 is 17.7 Å². The molecule has 2 heterocycles. The first-order chi connectivity index (χ1) is 9.16. The van der Waals surface area contributed by atoms with Gasteiger partial charge in [-0.3, -0.25) is 9.69 Å². The van der Waals surface area contributed by atoms with Crippen molar-refractivity contribution in [1.29, 1.82) is 0 Å². The molecule has 1 saturated heterocycles. The first kappa shape index (κ1) is 14.4. The minimum absolute atomic E-state index is 0.0429. The summed E-state index contributed by atoms with van der Waals surface area (Å²) in [5.74, 6) is -0.776. The van der Waals surface area contributed by atoms with Crippen LogP contribution in [0.1, 0.15) is 13.0 Å². The second-order valence-corrected chi connectivity index (χ2v) is 5.50. The van der Waals surface area contributed by atoms with Gasteiger partial charge in [0.05, 0.1) is 19.0 Å². The van der Waals surface area contributed by atoms with Crippen LogP contribution in [0.15, 0.2) is 17.6 Å². The van der Waals surface area contributed by atoms with Crippen molar-refractivity contribution < 1.29 is 14.6 Å². The quantitative estimate of drug-likeness (QED) is 0.785. The largest absolute Gasteiger partial charge is 0.481 e. The van der Waals surface area contributed by atoms with Crippen LogP contribution in [0.25, 0.3) is 0 Å². The van der Waals surface area contributed by atoms with Crippen LogP contribution in [0.2, 0.25) is 0 Å². The molecule has 1 unspecified atom stereocenters. The Labute approximate surface area is 116 Å². The number of rotatable bonds is 6. The van der Waals surface area contributed by atoms with Crippen molar-refractivity contribution in [1.82, 2.24) is 14.5 Å². The molecule has 7 heteroatoms. The second kappa shape index (κ2) is 6.93. The summed E-state index contributed by atoms with van der Waals surface area (Å²) in [4.78, 5) is 17.2. The number of imidazole rings is 1. The number of hydrogen-bond acceptors (Lipinski definition) is 5. The van der Waals surface area contributed by atoms with Crippen LogP contribution in [0.3, 0.4) is 0 Å². The Kier molecular flexibility index (Phi) is 5.24. The van der Waals surface area contributed by atoms with Gasteiger partial charge in [-0.1, -0.05) is 11.8 Å². The van der Waals surface area contributed by atoms with E-state index in [-0.39, 0.29) is 11.8 Å². The van der Waals surface area contributed by atoms with E-state index in [9.17, 15) is 4.79 Å². The number of thioether (sulfide) groups is 1. The third-order valence-corrected chi connectivity index (χ3v) is 4.02. The second-order valence-electron chi connectivity index (χ2n) is 4.56. The van der Waals surface area contributed by atoms with Gasteiger partial charge < -0.3 is 14.4 Å². The van der Waals surface area contributed by atoms with E-state index in [1.165, 1.54) is 11.8 Å². The molecule has 1 atom stereocenters. The average Bonchev–Trinajstić information content (AvgIpc) is 2.86. The van der Waals surface area contributed by atoms with Gasteiger partial charge in [-0.2, -0.15) is 0 Å². The molecule has 0 bridgehead atoms. The molecule has 0 aromatic carbocycles. The van der Waals surface area contributed by atoms with E-state index in [2.05, 4.69) is 16.8 Å². The third kappa shape index (κ3) is 4.22. The highest BCUT2D eigenvalue weighted by molar-refractivity contribution is 7.99. The van der Waals surface area contributed by atoms with Crippen LogP contribution in [-0.2, 0) is 9.53 Å². The summed E-state index contributed by atoms with van der Waals surface area (Å²) in [6.07, 6.45) is 3.63. The minimum Gasteiger partial charge on any atom is -0.481 e. The number of morpholine rings is 1. The highest BCUT2D eigenvalue weighted by Crippen LogP contribution is 2.20. The number of carbonyl (C=O) groups is 1. The molecule has 0 spiro atoms. The minimum atomic E-state index is -0.819. The predicted molar refractivity (Wildman–Crippen MR) is 72.6 cm³/mol. The number of nitrogens with zero attached hydrogens (tertiary/aromatic N) is 3. The van der Waals surface area contributed by atoms with Crippen LogP contribution >= 0.6 is 11.8 Å². The highest BCUT2D eigenvalue weighted by atomic mass is 32.2. The van der Waals surface area contributed by atoms with Gasteiger partial charge in [0.2, 0.25) is 0 Å². The van der Waals surface area contributed by atoms with Gasteiger partial charge in [0.25, 0.3) is 0 Å². The van der Waals surface area contributed by atoms with E-state index in [0.717, 1.165) is 38.0 Å². The predicted octanol–water partition coefficient (Wildman–Crippen LogP) is 0.953. The van der Waals surface area contributed by atoms with E-state index < -0.39 is 5.97 Å². The first-order valence-electron chi connectivity index (χ1n) is 6.34. The summed E-state index contributed by atoms with van der Waals surface area (Å²) in [5, 5.41) is 9.49. The van der Waals surface area contributed by atoms with Gasteiger partial charge in [-0.15, -0.1) is 0 Å².